The summed E-state index contributed by atoms with van der Waals surface area (Å²) in [5.74, 6) is 0.0630. The highest BCUT2D eigenvalue weighted by Crippen LogP contribution is 2.18. The van der Waals surface area contributed by atoms with Crippen LogP contribution in [0.15, 0.2) is 59.5 Å². The first-order valence-electron chi connectivity index (χ1n) is 8.01. The minimum atomic E-state index is -3.41. The Balaban J connectivity index is 2.00. The molecule has 0 aromatic heterocycles. The van der Waals surface area contributed by atoms with Crippen molar-refractivity contribution in [3.63, 3.8) is 0 Å². The van der Waals surface area contributed by atoms with E-state index < -0.39 is 15.7 Å². The van der Waals surface area contributed by atoms with E-state index in [2.05, 4.69) is 5.32 Å². The number of anilines is 1. The molecule has 3 N–H and O–H groups in total. The average Bonchev–Trinajstić information content (AvgIpc) is 2.60. The van der Waals surface area contributed by atoms with Crippen LogP contribution in [0.5, 0.6) is 5.75 Å². The maximum Gasteiger partial charge on any atom is 0.241 e. The van der Waals surface area contributed by atoms with Crippen molar-refractivity contribution in [2.45, 2.75) is 17.9 Å². The van der Waals surface area contributed by atoms with E-state index in [9.17, 15) is 13.2 Å². The van der Waals surface area contributed by atoms with E-state index >= 15 is 0 Å². The molecule has 7 heteroatoms. The predicted molar refractivity (Wildman–Crippen MR) is 103 cm³/mol. The van der Waals surface area contributed by atoms with Gasteiger partial charge in [-0.05, 0) is 55.0 Å². The quantitative estimate of drug-likeness (QED) is 0.692. The van der Waals surface area contributed by atoms with Gasteiger partial charge in [0.2, 0.25) is 5.91 Å². The van der Waals surface area contributed by atoms with Gasteiger partial charge in [-0.25, -0.2) is 8.42 Å². The summed E-state index contributed by atoms with van der Waals surface area (Å²) in [6, 6.07) is 13.3. The van der Waals surface area contributed by atoms with E-state index in [1.165, 1.54) is 13.2 Å². The van der Waals surface area contributed by atoms with Crippen molar-refractivity contribution in [3.05, 3.63) is 60.2 Å². The molecule has 0 heterocycles. The van der Waals surface area contributed by atoms with Crippen LogP contribution in [0.3, 0.4) is 0 Å². The first kappa shape index (κ1) is 19.5. The van der Waals surface area contributed by atoms with Gasteiger partial charge in [0, 0.05) is 17.8 Å². The lowest BCUT2D eigenvalue weighted by molar-refractivity contribution is -0.113. The third kappa shape index (κ3) is 5.63. The van der Waals surface area contributed by atoms with Gasteiger partial charge in [-0.1, -0.05) is 12.1 Å². The van der Waals surface area contributed by atoms with Crippen LogP contribution >= 0.6 is 0 Å². The molecular weight excluding hydrogens is 352 g/mol. The Bertz CT molecular complexity index is 873. The van der Waals surface area contributed by atoms with Gasteiger partial charge in [0.15, 0.2) is 9.84 Å². The summed E-state index contributed by atoms with van der Waals surface area (Å²) < 4.78 is 30.0. The van der Waals surface area contributed by atoms with Crippen molar-refractivity contribution in [1.29, 1.82) is 0 Å². The van der Waals surface area contributed by atoms with Gasteiger partial charge < -0.3 is 15.8 Å². The Hall–Kier alpha value is -2.80. The number of hydrogen-bond donors (Lipinski definition) is 2. The molecule has 0 aliphatic heterocycles. The lowest BCUT2D eigenvalue weighted by atomic mass is 10.2. The van der Waals surface area contributed by atoms with Crippen molar-refractivity contribution < 1.29 is 17.9 Å². The zero-order valence-electron chi connectivity index (χ0n) is 14.7. The molecule has 138 valence electrons. The normalized spacial score (nSPS) is 12.7. The third-order valence-electron chi connectivity index (χ3n) is 3.65. The summed E-state index contributed by atoms with van der Waals surface area (Å²) in [6.45, 7) is 1.81. The Kier molecular flexibility index (Phi) is 6.41. The molecule has 0 aliphatic rings. The molecule has 0 saturated carbocycles. The summed E-state index contributed by atoms with van der Waals surface area (Å²) in [6.07, 6.45) is 2.90. The average molecular weight is 374 g/mol. The molecule has 2 aromatic carbocycles. The van der Waals surface area contributed by atoms with Crippen LogP contribution in [0.2, 0.25) is 0 Å². The number of carbonyl (C=O) groups excluding carboxylic acids is 1. The molecule has 0 radical (unpaired) electrons. The lowest BCUT2D eigenvalue weighted by Gasteiger charge is -2.16. The van der Waals surface area contributed by atoms with Gasteiger partial charge >= 0.3 is 0 Å². The smallest absolute Gasteiger partial charge is 0.241 e. The fourth-order valence-corrected chi connectivity index (χ4v) is 3.89. The van der Waals surface area contributed by atoms with Crippen LogP contribution in [0.1, 0.15) is 12.5 Å². The topological polar surface area (TPSA) is 98.5 Å². The van der Waals surface area contributed by atoms with E-state index in [1.54, 1.807) is 30.3 Å². The largest absolute Gasteiger partial charge is 0.497 e. The van der Waals surface area contributed by atoms with Crippen LogP contribution in [0.4, 0.5) is 5.69 Å². The maximum atomic E-state index is 12.5. The van der Waals surface area contributed by atoms with E-state index in [0.717, 1.165) is 11.3 Å². The molecule has 0 aliphatic carbocycles. The minimum Gasteiger partial charge on any atom is -0.497 e. The number of sulfone groups is 1. The molecule has 26 heavy (non-hydrogen) atoms. The second-order valence-corrected chi connectivity index (χ2v) is 7.89. The van der Waals surface area contributed by atoms with Gasteiger partial charge in [0.05, 0.1) is 17.8 Å². The van der Waals surface area contributed by atoms with Gasteiger partial charge in [-0.3, -0.25) is 4.79 Å². The Morgan fingerprint density at radius 2 is 1.77 bits per heavy atom. The fourth-order valence-electron chi connectivity index (χ4n) is 2.40. The van der Waals surface area contributed by atoms with Crippen LogP contribution in [-0.2, 0) is 14.6 Å². The monoisotopic (exact) mass is 374 g/mol. The fraction of sp³-hybridized carbons (Fsp3) is 0.211. The number of methoxy groups -OCH3 is 1. The number of ether oxygens (including phenoxy) is 1. The minimum absolute atomic E-state index is 0.0390. The molecule has 0 bridgehead atoms. The molecule has 2 rings (SSSR count). The van der Waals surface area contributed by atoms with Gasteiger partial charge in [0.1, 0.15) is 5.75 Å². The van der Waals surface area contributed by atoms with Gasteiger partial charge in [0.25, 0.3) is 0 Å². The third-order valence-corrected chi connectivity index (χ3v) is 5.58. The van der Waals surface area contributed by atoms with Gasteiger partial charge in [-0.2, -0.15) is 0 Å². The zero-order valence-corrected chi connectivity index (χ0v) is 15.5. The highest BCUT2D eigenvalue weighted by atomic mass is 32.2. The van der Waals surface area contributed by atoms with Crippen molar-refractivity contribution in [2.24, 2.45) is 5.73 Å². The highest BCUT2D eigenvalue weighted by Gasteiger charge is 2.18. The number of hydrogen-bond acceptors (Lipinski definition) is 5. The number of primary amides is 1. The van der Waals surface area contributed by atoms with E-state index in [-0.39, 0.29) is 16.7 Å². The van der Waals surface area contributed by atoms with E-state index in [4.69, 9.17) is 10.5 Å². The summed E-state index contributed by atoms with van der Waals surface area (Å²) in [7, 11) is -1.88. The number of rotatable bonds is 8. The summed E-state index contributed by atoms with van der Waals surface area (Å²) in [5, 5.41) is 3.16. The molecule has 0 saturated heterocycles. The predicted octanol–water partition coefficient (Wildman–Crippen LogP) is 2.47. The molecular formula is C19H22N2O4S. The van der Waals surface area contributed by atoms with E-state index in [0.29, 0.717) is 5.75 Å². The summed E-state index contributed by atoms with van der Waals surface area (Å²) in [5.41, 5.74) is 6.67. The van der Waals surface area contributed by atoms with Crippen molar-refractivity contribution in [2.75, 3.05) is 18.2 Å². The van der Waals surface area contributed by atoms with Crippen molar-refractivity contribution >= 4 is 27.5 Å². The Morgan fingerprint density at radius 3 is 2.31 bits per heavy atom. The molecule has 2 aromatic rings. The number of carbonyl (C=O) groups is 1. The zero-order chi connectivity index (χ0) is 19.2. The lowest BCUT2D eigenvalue weighted by Crippen LogP contribution is -2.25. The van der Waals surface area contributed by atoms with Crippen LogP contribution in [0, 0.1) is 0 Å². The maximum absolute atomic E-state index is 12.5. The summed E-state index contributed by atoms with van der Waals surface area (Å²) >= 11 is 0. The van der Waals surface area contributed by atoms with E-state index in [1.807, 2.05) is 31.2 Å². The Labute approximate surface area is 153 Å². The summed E-state index contributed by atoms with van der Waals surface area (Å²) in [4.78, 5) is 11.0. The first-order chi connectivity index (χ1) is 12.3. The molecule has 1 unspecified atom stereocenters. The molecule has 0 fully saturated rings. The second-order valence-electron chi connectivity index (χ2n) is 5.86. The van der Waals surface area contributed by atoms with Crippen molar-refractivity contribution in [1.82, 2.24) is 0 Å². The highest BCUT2D eigenvalue weighted by molar-refractivity contribution is 7.91. The first-order valence-corrected chi connectivity index (χ1v) is 9.66. The number of benzene rings is 2. The van der Waals surface area contributed by atoms with Crippen LogP contribution in [0.25, 0.3) is 6.08 Å². The SMILES string of the molecule is COc1ccc(S(=O)(=O)CC(C)Nc2ccc(/C=C/C(N)=O)cc2)cc1. The van der Waals surface area contributed by atoms with Crippen LogP contribution in [-0.4, -0.2) is 33.2 Å². The molecule has 1 amide bonds. The number of nitrogens with one attached hydrogen (secondary N) is 1. The number of nitrogens with two attached hydrogens (primary N) is 1. The Morgan fingerprint density at radius 1 is 1.15 bits per heavy atom. The second kappa shape index (κ2) is 8.53. The molecule has 1 atom stereocenters. The van der Waals surface area contributed by atoms with Crippen LogP contribution < -0.4 is 15.8 Å². The molecule has 6 nitrogen and oxygen atoms in total. The van der Waals surface area contributed by atoms with Gasteiger partial charge in [-0.15, -0.1) is 0 Å². The molecule has 0 spiro atoms. The van der Waals surface area contributed by atoms with Crippen molar-refractivity contribution in [3.8, 4) is 5.75 Å². The number of amides is 1. The standard InChI is InChI=1S/C19H22N2O4S/c1-14(13-26(23,24)18-10-8-17(25-2)9-11-18)21-16-6-3-15(4-7-16)5-12-19(20)22/h3-12,14,21H,13H2,1-2H3,(H2,20,22)/b12-5+.